The second-order valence-corrected chi connectivity index (χ2v) is 7.76. The first-order chi connectivity index (χ1) is 11.9. The summed E-state index contributed by atoms with van der Waals surface area (Å²) < 4.78 is 27.1. The van der Waals surface area contributed by atoms with Crippen molar-refractivity contribution >= 4 is 27.6 Å². The molecular formula is C16H24N4O4S. The molecule has 3 N–H and O–H groups in total. The largest absolute Gasteiger partial charge is 0.376 e. The van der Waals surface area contributed by atoms with E-state index in [9.17, 15) is 18.0 Å². The van der Waals surface area contributed by atoms with Crippen LogP contribution < -0.4 is 16.0 Å². The molecule has 1 saturated heterocycles. The van der Waals surface area contributed by atoms with Gasteiger partial charge in [0.1, 0.15) is 0 Å². The van der Waals surface area contributed by atoms with Crippen LogP contribution in [-0.2, 0) is 14.8 Å². The van der Waals surface area contributed by atoms with Gasteiger partial charge in [0.05, 0.1) is 11.4 Å². The van der Waals surface area contributed by atoms with Crippen molar-refractivity contribution in [3.8, 4) is 0 Å². The van der Waals surface area contributed by atoms with E-state index in [0.717, 1.165) is 25.7 Å². The maximum atomic E-state index is 12.8. The van der Waals surface area contributed by atoms with Gasteiger partial charge in [-0.2, -0.15) is 4.31 Å². The fourth-order valence-electron chi connectivity index (χ4n) is 2.61. The molecule has 0 bridgehead atoms. The smallest absolute Gasteiger partial charge is 0.321 e. The van der Waals surface area contributed by atoms with Crippen LogP contribution in [-0.4, -0.2) is 51.3 Å². The molecule has 8 nitrogen and oxygen atoms in total. The molecule has 9 heteroatoms. The highest BCUT2D eigenvalue weighted by Gasteiger charge is 2.25. The van der Waals surface area contributed by atoms with Crippen LogP contribution >= 0.6 is 0 Å². The van der Waals surface area contributed by atoms with Crippen molar-refractivity contribution in [2.45, 2.75) is 30.6 Å². The first kappa shape index (κ1) is 19.2. The number of hydrogen-bond acceptors (Lipinski definition) is 5. The van der Waals surface area contributed by atoms with E-state index in [-0.39, 0.29) is 11.4 Å². The molecule has 1 heterocycles. The third-order valence-electron chi connectivity index (χ3n) is 3.97. The molecule has 1 fully saturated rings. The quantitative estimate of drug-likeness (QED) is 0.722. The molecule has 2 rings (SSSR count). The monoisotopic (exact) mass is 368 g/mol. The summed E-state index contributed by atoms with van der Waals surface area (Å²) in [6.45, 7) is 0.934. The van der Waals surface area contributed by atoms with Crippen LogP contribution in [0.4, 0.5) is 10.5 Å². The zero-order valence-corrected chi connectivity index (χ0v) is 15.1. The summed E-state index contributed by atoms with van der Waals surface area (Å²) in [5.41, 5.74) is 0.503. The molecule has 0 atom stereocenters. The highest BCUT2D eigenvalue weighted by Crippen LogP contribution is 2.22. The Labute approximate surface area is 148 Å². The van der Waals surface area contributed by atoms with Crippen LogP contribution in [0.1, 0.15) is 25.7 Å². The summed E-state index contributed by atoms with van der Waals surface area (Å²) in [6.07, 6.45) is 3.84. The minimum absolute atomic E-state index is 0.138. The molecule has 0 unspecified atom stereocenters. The first-order valence-corrected chi connectivity index (χ1v) is 9.73. The van der Waals surface area contributed by atoms with Crippen molar-refractivity contribution < 1.29 is 18.0 Å². The van der Waals surface area contributed by atoms with E-state index in [1.165, 1.54) is 17.4 Å². The van der Waals surface area contributed by atoms with E-state index in [1.54, 1.807) is 18.2 Å². The Kier molecular flexibility index (Phi) is 6.77. The zero-order chi connectivity index (χ0) is 18.3. The van der Waals surface area contributed by atoms with Gasteiger partial charge in [0.2, 0.25) is 15.9 Å². The fourth-order valence-corrected chi connectivity index (χ4v) is 4.18. The SMILES string of the molecule is CNC(=O)NC(=O)CNc1cccc(S(=O)(=O)N2CCCCCC2)c1. The Morgan fingerprint density at radius 1 is 1.12 bits per heavy atom. The van der Waals surface area contributed by atoms with Crippen molar-refractivity contribution in [2.75, 3.05) is 32.0 Å². The number of urea groups is 1. The Balaban J connectivity index is 2.04. The summed E-state index contributed by atoms with van der Waals surface area (Å²) in [5.74, 6) is -0.514. The number of hydrogen-bond donors (Lipinski definition) is 3. The average molecular weight is 368 g/mol. The second kappa shape index (κ2) is 8.82. The van der Waals surface area contributed by atoms with Gasteiger partial charge in [-0.25, -0.2) is 13.2 Å². The third-order valence-corrected chi connectivity index (χ3v) is 5.86. The zero-order valence-electron chi connectivity index (χ0n) is 14.2. The minimum atomic E-state index is -3.54. The maximum Gasteiger partial charge on any atom is 0.321 e. The topological polar surface area (TPSA) is 108 Å². The summed E-state index contributed by atoms with van der Waals surface area (Å²) in [4.78, 5) is 22.9. The van der Waals surface area contributed by atoms with Crippen molar-refractivity contribution in [3.63, 3.8) is 0 Å². The molecule has 138 valence electrons. The van der Waals surface area contributed by atoms with E-state index < -0.39 is 22.0 Å². The van der Waals surface area contributed by atoms with Gasteiger partial charge in [0.15, 0.2) is 0 Å². The number of rotatable bonds is 5. The fraction of sp³-hybridized carbons (Fsp3) is 0.500. The molecule has 0 spiro atoms. The Morgan fingerprint density at radius 2 is 1.80 bits per heavy atom. The molecule has 1 aliphatic heterocycles. The highest BCUT2D eigenvalue weighted by molar-refractivity contribution is 7.89. The van der Waals surface area contributed by atoms with Crippen molar-refractivity contribution in [1.82, 2.24) is 14.9 Å². The molecule has 0 saturated carbocycles. The van der Waals surface area contributed by atoms with Gasteiger partial charge in [-0.05, 0) is 31.0 Å². The summed E-state index contributed by atoms with van der Waals surface area (Å²) in [7, 11) is -2.13. The number of amides is 3. The lowest BCUT2D eigenvalue weighted by atomic mass is 10.2. The Bertz CT molecular complexity index is 713. The molecular weight excluding hydrogens is 344 g/mol. The van der Waals surface area contributed by atoms with Gasteiger partial charge in [-0.15, -0.1) is 0 Å². The summed E-state index contributed by atoms with van der Waals surface area (Å²) in [6, 6.07) is 5.77. The standard InChI is InChI=1S/C16H24N4O4S/c1-17-16(22)19-15(21)12-18-13-7-6-8-14(11-13)25(23,24)20-9-4-2-3-5-10-20/h6-8,11,18H,2-5,9-10,12H2,1H3,(H2,17,19,21,22). The van der Waals surface area contributed by atoms with Gasteiger partial charge < -0.3 is 10.6 Å². The van der Waals surface area contributed by atoms with Crippen LogP contribution in [0, 0.1) is 0 Å². The van der Waals surface area contributed by atoms with Gasteiger partial charge in [0, 0.05) is 25.8 Å². The van der Waals surface area contributed by atoms with E-state index in [0.29, 0.717) is 18.8 Å². The maximum absolute atomic E-state index is 12.8. The minimum Gasteiger partial charge on any atom is -0.376 e. The predicted octanol–water partition coefficient (Wildman–Crippen LogP) is 1.12. The van der Waals surface area contributed by atoms with Crippen molar-refractivity contribution in [2.24, 2.45) is 0 Å². The van der Waals surface area contributed by atoms with Crippen LogP contribution in [0.3, 0.4) is 0 Å². The van der Waals surface area contributed by atoms with Crippen LogP contribution in [0.15, 0.2) is 29.2 Å². The van der Waals surface area contributed by atoms with Crippen molar-refractivity contribution in [3.05, 3.63) is 24.3 Å². The second-order valence-electron chi connectivity index (χ2n) is 5.83. The van der Waals surface area contributed by atoms with Gasteiger partial charge in [-0.3, -0.25) is 10.1 Å². The highest BCUT2D eigenvalue weighted by atomic mass is 32.2. The van der Waals surface area contributed by atoms with E-state index in [2.05, 4.69) is 16.0 Å². The molecule has 3 amide bonds. The number of carbonyl (C=O) groups is 2. The lowest BCUT2D eigenvalue weighted by molar-refractivity contribution is -0.118. The number of anilines is 1. The van der Waals surface area contributed by atoms with Crippen LogP contribution in [0.25, 0.3) is 0 Å². The number of benzene rings is 1. The Morgan fingerprint density at radius 3 is 2.44 bits per heavy atom. The van der Waals surface area contributed by atoms with Crippen LogP contribution in [0.2, 0.25) is 0 Å². The number of sulfonamides is 1. The molecule has 25 heavy (non-hydrogen) atoms. The first-order valence-electron chi connectivity index (χ1n) is 8.29. The lowest BCUT2D eigenvalue weighted by Crippen LogP contribution is -2.40. The Hall–Kier alpha value is -2.13. The summed E-state index contributed by atoms with van der Waals surface area (Å²) >= 11 is 0. The van der Waals surface area contributed by atoms with Crippen LogP contribution in [0.5, 0.6) is 0 Å². The van der Waals surface area contributed by atoms with Gasteiger partial charge >= 0.3 is 6.03 Å². The third kappa shape index (κ3) is 5.43. The van der Waals surface area contributed by atoms with E-state index in [1.807, 2.05) is 0 Å². The lowest BCUT2D eigenvalue weighted by Gasteiger charge is -2.20. The molecule has 0 radical (unpaired) electrons. The molecule has 1 aromatic carbocycles. The van der Waals surface area contributed by atoms with Gasteiger partial charge in [0.25, 0.3) is 0 Å². The molecule has 1 aliphatic rings. The molecule has 1 aromatic rings. The molecule has 0 aromatic heterocycles. The summed E-state index contributed by atoms with van der Waals surface area (Å²) in [5, 5.41) is 7.23. The number of carbonyl (C=O) groups excluding carboxylic acids is 2. The number of imide groups is 1. The molecule has 0 aliphatic carbocycles. The normalized spacial score (nSPS) is 15.9. The van der Waals surface area contributed by atoms with E-state index >= 15 is 0 Å². The number of nitrogens with zero attached hydrogens (tertiary/aromatic N) is 1. The number of nitrogens with one attached hydrogen (secondary N) is 3. The van der Waals surface area contributed by atoms with Crippen molar-refractivity contribution in [1.29, 1.82) is 0 Å². The van der Waals surface area contributed by atoms with Gasteiger partial charge in [-0.1, -0.05) is 18.9 Å². The van der Waals surface area contributed by atoms with E-state index in [4.69, 9.17) is 0 Å². The average Bonchev–Trinajstić information content (AvgIpc) is 2.90. The predicted molar refractivity (Wildman–Crippen MR) is 94.8 cm³/mol.